The third kappa shape index (κ3) is 4.41. The molecule has 0 bridgehead atoms. The molecule has 9 aromatic carbocycles. The maximum Gasteiger partial charge on any atom is 0.261 e. The number of para-hydroxylation sites is 3. The van der Waals surface area contributed by atoms with Crippen molar-refractivity contribution in [2.45, 2.75) is 0 Å². The van der Waals surface area contributed by atoms with Gasteiger partial charge >= 0.3 is 0 Å². The third-order valence-electron chi connectivity index (χ3n) is 11.5. The summed E-state index contributed by atoms with van der Waals surface area (Å²) in [5.74, 6) is 3.45. The normalized spacial score (nSPS) is 12.6. The Hall–Kier alpha value is -7.24. The van der Waals surface area contributed by atoms with Crippen molar-refractivity contribution in [2.75, 3.05) is 4.90 Å². The highest BCUT2D eigenvalue weighted by molar-refractivity contribution is 6.99. The van der Waals surface area contributed by atoms with E-state index in [4.69, 9.17) is 9.47 Å². The monoisotopic (exact) mass is 702 g/mol. The Labute approximate surface area is 318 Å². The highest BCUT2D eigenvalue weighted by atomic mass is 16.5. The first-order chi connectivity index (χ1) is 27.3. The molecule has 12 rings (SSSR count). The van der Waals surface area contributed by atoms with Crippen molar-refractivity contribution < 1.29 is 9.47 Å². The van der Waals surface area contributed by atoms with Crippen molar-refractivity contribution in [3.05, 3.63) is 188 Å². The Morgan fingerprint density at radius 1 is 0.382 bits per heavy atom. The van der Waals surface area contributed by atoms with Crippen LogP contribution in [0, 0.1) is 0 Å². The van der Waals surface area contributed by atoms with E-state index in [2.05, 4.69) is 191 Å². The van der Waals surface area contributed by atoms with Crippen molar-refractivity contribution in [1.82, 2.24) is 4.57 Å². The van der Waals surface area contributed by atoms with E-state index in [0.29, 0.717) is 0 Å². The second-order valence-electron chi connectivity index (χ2n) is 14.4. The van der Waals surface area contributed by atoms with Gasteiger partial charge in [0.1, 0.15) is 23.0 Å². The first kappa shape index (κ1) is 30.2. The van der Waals surface area contributed by atoms with Crippen LogP contribution < -0.4 is 30.8 Å². The molecule has 0 spiro atoms. The van der Waals surface area contributed by atoms with Gasteiger partial charge in [0.25, 0.3) is 6.71 Å². The van der Waals surface area contributed by atoms with Crippen LogP contribution in [-0.4, -0.2) is 11.3 Å². The zero-order valence-electron chi connectivity index (χ0n) is 29.7. The van der Waals surface area contributed by atoms with Crippen molar-refractivity contribution in [3.8, 4) is 28.7 Å². The van der Waals surface area contributed by atoms with E-state index in [-0.39, 0.29) is 6.71 Å². The predicted octanol–water partition coefficient (Wildman–Crippen LogP) is 11.3. The zero-order valence-corrected chi connectivity index (χ0v) is 29.7. The zero-order chi connectivity index (χ0) is 36.0. The van der Waals surface area contributed by atoms with Crippen LogP contribution in [0.3, 0.4) is 0 Å². The number of anilines is 3. The van der Waals surface area contributed by atoms with E-state index >= 15 is 0 Å². The van der Waals surface area contributed by atoms with E-state index < -0.39 is 0 Å². The van der Waals surface area contributed by atoms with E-state index in [1.54, 1.807) is 0 Å². The molecule has 0 radical (unpaired) electrons. The van der Waals surface area contributed by atoms with Crippen molar-refractivity contribution in [1.29, 1.82) is 0 Å². The molecule has 4 nitrogen and oxygen atoms in total. The van der Waals surface area contributed by atoms with Gasteiger partial charge in [-0.25, -0.2) is 0 Å². The Kier molecular flexibility index (Phi) is 6.40. The van der Waals surface area contributed by atoms with Crippen LogP contribution >= 0.6 is 0 Å². The summed E-state index contributed by atoms with van der Waals surface area (Å²) in [4.78, 5) is 2.34. The van der Waals surface area contributed by atoms with E-state index in [1.807, 2.05) is 6.07 Å². The van der Waals surface area contributed by atoms with Gasteiger partial charge in [0.05, 0.1) is 11.0 Å². The summed E-state index contributed by atoms with van der Waals surface area (Å²) in [5.41, 5.74) is 10.1. The summed E-state index contributed by atoms with van der Waals surface area (Å²) in [7, 11) is 0. The van der Waals surface area contributed by atoms with Gasteiger partial charge in [0, 0.05) is 50.4 Å². The molecular formula is C50H31BN2O2. The van der Waals surface area contributed by atoms with Crippen molar-refractivity contribution in [3.63, 3.8) is 0 Å². The molecule has 0 aliphatic carbocycles. The number of benzene rings is 9. The second-order valence-corrected chi connectivity index (χ2v) is 14.4. The molecule has 5 heteroatoms. The predicted molar refractivity (Wildman–Crippen MR) is 228 cm³/mol. The lowest BCUT2D eigenvalue weighted by Gasteiger charge is -2.35. The molecule has 0 atom stereocenters. The Balaban J connectivity index is 1.07. The fourth-order valence-corrected chi connectivity index (χ4v) is 9.17. The Morgan fingerprint density at radius 3 is 1.78 bits per heavy atom. The molecule has 3 heterocycles. The first-order valence-electron chi connectivity index (χ1n) is 18.8. The molecule has 10 aromatic rings. The summed E-state index contributed by atoms with van der Waals surface area (Å²) in [5, 5.41) is 7.16. The molecule has 0 fully saturated rings. The topological polar surface area (TPSA) is 26.6 Å². The van der Waals surface area contributed by atoms with Crippen molar-refractivity contribution >= 4 is 83.5 Å². The summed E-state index contributed by atoms with van der Waals surface area (Å²) in [6.45, 7) is -0.0621. The first-order valence-corrected chi connectivity index (χ1v) is 18.8. The molecule has 1 aromatic heterocycles. The average molecular weight is 703 g/mol. The number of aromatic nitrogens is 1. The lowest BCUT2D eigenvalue weighted by molar-refractivity contribution is 0.467. The van der Waals surface area contributed by atoms with Crippen LogP contribution in [0.15, 0.2) is 188 Å². The van der Waals surface area contributed by atoms with Crippen LogP contribution in [0.4, 0.5) is 17.1 Å². The number of fused-ring (bicyclic) bond motifs is 12. The quantitative estimate of drug-likeness (QED) is 0.135. The van der Waals surface area contributed by atoms with Gasteiger partial charge in [-0.15, -0.1) is 0 Å². The number of nitrogens with zero attached hydrogens (tertiary/aromatic N) is 2. The largest absolute Gasteiger partial charge is 0.458 e. The minimum Gasteiger partial charge on any atom is -0.458 e. The van der Waals surface area contributed by atoms with Gasteiger partial charge < -0.3 is 18.9 Å². The lowest BCUT2D eigenvalue weighted by atomic mass is 9.34. The van der Waals surface area contributed by atoms with E-state index in [9.17, 15) is 0 Å². The molecule has 0 unspecified atom stereocenters. The fraction of sp³-hybridized carbons (Fsp3) is 0. The van der Waals surface area contributed by atoms with Gasteiger partial charge in [-0.2, -0.15) is 0 Å². The molecule has 0 saturated heterocycles. The highest BCUT2D eigenvalue weighted by Crippen LogP contribution is 2.44. The number of hydrogen-bond acceptors (Lipinski definition) is 3. The molecule has 55 heavy (non-hydrogen) atoms. The summed E-state index contributed by atoms with van der Waals surface area (Å²) in [6, 6.07) is 67.0. The summed E-state index contributed by atoms with van der Waals surface area (Å²) in [6.07, 6.45) is 0. The SMILES string of the molecule is c1ccc(N(c2ccc3c(c2)Oc2cccc4c2B3c2c(c3ccccc3c3ccccc23)O4)c2ccc3c(c2)c2ccccc2n3-c2ccccc2)cc1. The Bertz CT molecular complexity index is 3170. The molecular weight excluding hydrogens is 671 g/mol. The average Bonchev–Trinajstić information content (AvgIpc) is 3.58. The maximum absolute atomic E-state index is 6.87. The smallest absolute Gasteiger partial charge is 0.261 e. The second kappa shape index (κ2) is 11.6. The van der Waals surface area contributed by atoms with Crippen LogP contribution in [-0.2, 0) is 0 Å². The van der Waals surface area contributed by atoms with Crippen LogP contribution in [0.1, 0.15) is 0 Å². The third-order valence-corrected chi connectivity index (χ3v) is 11.5. The molecule has 0 N–H and O–H groups in total. The van der Waals surface area contributed by atoms with Gasteiger partial charge in [-0.05, 0) is 93.8 Å². The van der Waals surface area contributed by atoms with Gasteiger partial charge in [-0.1, -0.05) is 115 Å². The van der Waals surface area contributed by atoms with Gasteiger partial charge in [-0.3, -0.25) is 0 Å². The molecule has 2 aliphatic rings. The van der Waals surface area contributed by atoms with Crippen molar-refractivity contribution in [2.24, 2.45) is 0 Å². The number of hydrogen-bond donors (Lipinski definition) is 0. The molecule has 2 aliphatic heterocycles. The number of rotatable bonds is 4. The van der Waals surface area contributed by atoms with E-state index in [0.717, 1.165) is 62.1 Å². The molecule has 256 valence electrons. The van der Waals surface area contributed by atoms with E-state index in [1.165, 1.54) is 43.4 Å². The molecule has 0 saturated carbocycles. The minimum absolute atomic E-state index is 0.0621. The lowest BCUT2D eigenvalue weighted by Crippen LogP contribution is -2.57. The standard InChI is InChI=1S/C50H31BN2O2/c1-3-14-32(15-4-1)52(34-27-29-44-41(30-34)38-20-11-12-23-43(38)53(44)33-16-5-2-6-17-33)35-26-28-42-47(31-35)54-45-24-13-25-46-49(45)51(42)48-39-21-9-7-18-36(39)37-19-8-10-22-40(37)50(48)55-46/h1-31H. The fourth-order valence-electron chi connectivity index (χ4n) is 9.17. The highest BCUT2D eigenvalue weighted by Gasteiger charge is 2.42. The van der Waals surface area contributed by atoms with Crippen LogP contribution in [0.2, 0.25) is 0 Å². The summed E-state index contributed by atoms with van der Waals surface area (Å²) >= 11 is 0. The molecule has 0 amide bonds. The minimum atomic E-state index is -0.0621. The summed E-state index contributed by atoms with van der Waals surface area (Å²) < 4.78 is 16.1. The Morgan fingerprint density at radius 2 is 0.982 bits per heavy atom. The van der Waals surface area contributed by atoms with Crippen LogP contribution in [0.5, 0.6) is 23.0 Å². The van der Waals surface area contributed by atoms with Gasteiger partial charge in [0.15, 0.2) is 0 Å². The maximum atomic E-state index is 6.87. The number of ether oxygens (including phenoxy) is 2. The van der Waals surface area contributed by atoms with Crippen LogP contribution in [0.25, 0.3) is 49.0 Å². The van der Waals surface area contributed by atoms with Gasteiger partial charge in [0.2, 0.25) is 0 Å².